The molecule has 0 radical (unpaired) electrons. The summed E-state index contributed by atoms with van der Waals surface area (Å²) in [5, 5.41) is 3.20. The summed E-state index contributed by atoms with van der Waals surface area (Å²) in [7, 11) is 0. The van der Waals surface area contributed by atoms with E-state index in [1.807, 2.05) is 12.1 Å². The second kappa shape index (κ2) is 6.45. The Labute approximate surface area is 128 Å². The number of hydrogen-bond acceptors (Lipinski definition) is 4. The van der Waals surface area contributed by atoms with Gasteiger partial charge in [0.05, 0.1) is 6.61 Å². The highest BCUT2D eigenvalue weighted by Crippen LogP contribution is 2.31. The third kappa shape index (κ3) is 3.54. The topological polar surface area (TPSA) is 47.6 Å². The lowest BCUT2D eigenvalue weighted by atomic mass is 10.2. The maximum absolute atomic E-state index is 11.5. The van der Waals surface area contributed by atoms with Gasteiger partial charge in [0, 0.05) is 16.0 Å². The minimum atomic E-state index is 0.00139. The van der Waals surface area contributed by atoms with E-state index in [1.54, 1.807) is 11.3 Å². The van der Waals surface area contributed by atoms with Crippen molar-refractivity contribution in [2.24, 2.45) is 5.92 Å². The van der Waals surface area contributed by atoms with Gasteiger partial charge in [-0.25, -0.2) is 5.48 Å². The summed E-state index contributed by atoms with van der Waals surface area (Å²) >= 11 is 1.68. The molecule has 0 bridgehead atoms. The maximum atomic E-state index is 11.5. The van der Waals surface area contributed by atoms with Crippen LogP contribution in [0, 0.1) is 5.92 Å². The molecule has 1 fully saturated rings. The zero-order chi connectivity index (χ0) is 14.7. The highest BCUT2D eigenvalue weighted by molar-refractivity contribution is 7.17. The van der Waals surface area contributed by atoms with E-state index in [9.17, 15) is 4.79 Å². The molecule has 5 heteroatoms. The predicted octanol–water partition coefficient (Wildman–Crippen LogP) is 3.65. The number of hydroxylamine groups is 1. The van der Waals surface area contributed by atoms with Gasteiger partial charge in [0.25, 0.3) is 0 Å². The molecule has 1 heterocycles. The van der Waals surface area contributed by atoms with Crippen molar-refractivity contribution in [1.82, 2.24) is 5.48 Å². The number of fused-ring (bicyclic) bond motifs is 1. The number of hydrogen-bond donors (Lipinski definition) is 1. The van der Waals surface area contributed by atoms with E-state index in [1.165, 1.54) is 4.70 Å². The fraction of sp³-hybridized carbons (Fsp3) is 0.438. The van der Waals surface area contributed by atoms with E-state index in [2.05, 4.69) is 23.9 Å². The number of benzene rings is 1. The van der Waals surface area contributed by atoms with Crippen LogP contribution < -0.4 is 10.2 Å². The van der Waals surface area contributed by atoms with Gasteiger partial charge in [-0.3, -0.25) is 9.63 Å². The summed E-state index contributed by atoms with van der Waals surface area (Å²) in [6.45, 7) is 3.19. The van der Waals surface area contributed by atoms with Crippen LogP contribution in [-0.2, 0) is 16.2 Å². The Morgan fingerprint density at radius 3 is 3.05 bits per heavy atom. The third-order valence-corrected chi connectivity index (χ3v) is 4.46. The van der Waals surface area contributed by atoms with Crippen molar-refractivity contribution in [3.05, 3.63) is 29.1 Å². The Morgan fingerprint density at radius 1 is 1.43 bits per heavy atom. The Morgan fingerprint density at radius 2 is 2.29 bits per heavy atom. The number of ether oxygens (including phenoxy) is 1. The molecular weight excluding hydrogens is 286 g/mol. The van der Waals surface area contributed by atoms with Crippen LogP contribution in [0.15, 0.2) is 23.6 Å². The monoisotopic (exact) mass is 305 g/mol. The van der Waals surface area contributed by atoms with Crippen molar-refractivity contribution in [2.45, 2.75) is 32.8 Å². The molecule has 0 aliphatic heterocycles. The highest BCUT2D eigenvalue weighted by Gasteiger charge is 2.29. The van der Waals surface area contributed by atoms with Crippen LogP contribution in [0.25, 0.3) is 10.1 Å². The number of thiophene rings is 1. The first-order valence-corrected chi connectivity index (χ1v) is 8.20. The minimum Gasteiger partial charge on any atom is -0.494 e. The van der Waals surface area contributed by atoms with Crippen LogP contribution >= 0.6 is 11.3 Å². The molecule has 0 saturated heterocycles. The molecule has 1 aliphatic carbocycles. The molecule has 112 valence electrons. The van der Waals surface area contributed by atoms with E-state index >= 15 is 0 Å². The van der Waals surface area contributed by atoms with Gasteiger partial charge in [0.2, 0.25) is 5.91 Å². The molecule has 1 N–H and O–H groups in total. The average molecular weight is 305 g/mol. The van der Waals surface area contributed by atoms with Gasteiger partial charge >= 0.3 is 0 Å². The molecule has 3 rings (SSSR count). The fourth-order valence-corrected chi connectivity index (χ4v) is 3.02. The van der Waals surface area contributed by atoms with Crippen LogP contribution in [0.2, 0.25) is 0 Å². The first kappa shape index (κ1) is 14.4. The first-order valence-electron chi connectivity index (χ1n) is 7.32. The number of nitrogens with one attached hydrogen (secondary N) is 1. The lowest BCUT2D eigenvalue weighted by molar-refractivity contribution is -0.135. The van der Waals surface area contributed by atoms with Crippen LogP contribution in [0.5, 0.6) is 5.75 Å². The number of carbonyl (C=O) groups is 1. The highest BCUT2D eigenvalue weighted by atomic mass is 32.1. The molecule has 0 atom stereocenters. The fourth-order valence-electron chi connectivity index (χ4n) is 2.10. The van der Waals surface area contributed by atoms with Crippen LogP contribution in [0.1, 0.15) is 31.7 Å². The normalized spacial score (nSPS) is 14.3. The van der Waals surface area contributed by atoms with Crippen molar-refractivity contribution < 1.29 is 14.4 Å². The summed E-state index contributed by atoms with van der Waals surface area (Å²) in [5.74, 6) is 1.05. The molecule has 0 spiro atoms. The molecule has 1 amide bonds. The van der Waals surface area contributed by atoms with Crippen LogP contribution in [0.3, 0.4) is 0 Å². The van der Waals surface area contributed by atoms with Crippen molar-refractivity contribution in [3.63, 3.8) is 0 Å². The average Bonchev–Trinajstić information content (AvgIpc) is 3.28. The summed E-state index contributed by atoms with van der Waals surface area (Å²) < 4.78 is 6.86. The molecule has 4 nitrogen and oxygen atoms in total. The summed E-state index contributed by atoms with van der Waals surface area (Å²) in [6, 6.07) is 6.11. The zero-order valence-corrected chi connectivity index (χ0v) is 12.9. The molecule has 2 aromatic rings. The zero-order valence-electron chi connectivity index (χ0n) is 12.1. The largest absolute Gasteiger partial charge is 0.494 e. The Kier molecular flexibility index (Phi) is 4.41. The Hall–Kier alpha value is -1.59. The van der Waals surface area contributed by atoms with E-state index in [4.69, 9.17) is 9.57 Å². The maximum Gasteiger partial charge on any atom is 0.246 e. The number of carbonyl (C=O) groups excluding carboxylic acids is 1. The van der Waals surface area contributed by atoms with Crippen molar-refractivity contribution in [2.75, 3.05) is 6.61 Å². The smallest absolute Gasteiger partial charge is 0.246 e. The van der Waals surface area contributed by atoms with Gasteiger partial charge in [-0.05, 0) is 48.4 Å². The molecule has 1 aliphatic rings. The molecule has 1 saturated carbocycles. The Balaban J connectivity index is 1.64. The van der Waals surface area contributed by atoms with Crippen molar-refractivity contribution in [1.29, 1.82) is 0 Å². The quantitative estimate of drug-likeness (QED) is 0.794. The van der Waals surface area contributed by atoms with Crippen molar-refractivity contribution >= 4 is 27.3 Å². The molecule has 1 aromatic heterocycles. The summed E-state index contributed by atoms with van der Waals surface area (Å²) in [4.78, 5) is 16.9. The molecular formula is C16H19NO3S. The van der Waals surface area contributed by atoms with Gasteiger partial charge in [0.1, 0.15) is 12.4 Å². The van der Waals surface area contributed by atoms with Gasteiger partial charge in [-0.1, -0.05) is 6.92 Å². The molecule has 1 aromatic carbocycles. The number of rotatable bonds is 7. The van der Waals surface area contributed by atoms with Gasteiger partial charge in [0.15, 0.2) is 0 Å². The third-order valence-electron chi connectivity index (χ3n) is 3.45. The van der Waals surface area contributed by atoms with Crippen molar-refractivity contribution in [3.8, 4) is 5.75 Å². The van der Waals surface area contributed by atoms with Gasteiger partial charge < -0.3 is 4.74 Å². The predicted molar refractivity (Wildman–Crippen MR) is 83.3 cm³/mol. The van der Waals surface area contributed by atoms with Crippen LogP contribution in [0.4, 0.5) is 0 Å². The SMILES string of the molecule is CCCOc1ccc2scc(CONC(=O)C3CC3)c2c1. The summed E-state index contributed by atoms with van der Waals surface area (Å²) in [6.07, 6.45) is 2.95. The molecule has 21 heavy (non-hydrogen) atoms. The van der Waals surface area contributed by atoms with E-state index in [-0.39, 0.29) is 11.8 Å². The minimum absolute atomic E-state index is 0.00139. The first-order chi connectivity index (χ1) is 10.3. The lowest BCUT2D eigenvalue weighted by Gasteiger charge is -2.06. The standard InChI is InChI=1S/C16H19NO3S/c1-2-7-19-13-5-6-15-14(8-13)12(10-21-15)9-20-17-16(18)11-3-4-11/h5-6,8,10-11H,2-4,7,9H2,1H3,(H,17,18). The van der Waals surface area contributed by atoms with Crippen LogP contribution in [-0.4, -0.2) is 12.5 Å². The van der Waals surface area contributed by atoms with E-state index in [0.717, 1.165) is 42.6 Å². The van der Waals surface area contributed by atoms with E-state index in [0.29, 0.717) is 6.61 Å². The second-order valence-electron chi connectivity index (χ2n) is 5.30. The second-order valence-corrected chi connectivity index (χ2v) is 6.21. The van der Waals surface area contributed by atoms with Gasteiger partial charge in [-0.15, -0.1) is 11.3 Å². The number of amides is 1. The lowest BCUT2D eigenvalue weighted by Crippen LogP contribution is -2.24. The molecule has 0 unspecified atom stereocenters. The van der Waals surface area contributed by atoms with Gasteiger partial charge in [-0.2, -0.15) is 0 Å². The summed E-state index contributed by atoms with van der Waals surface area (Å²) in [5.41, 5.74) is 3.61. The van der Waals surface area contributed by atoms with E-state index < -0.39 is 0 Å². The Bertz CT molecular complexity index is 633.